The van der Waals surface area contributed by atoms with Gasteiger partial charge in [-0.1, -0.05) is 31.2 Å². The zero-order chi connectivity index (χ0) is 27.5. The lowest BCUT2D eigenvalue weighted by Gasteiger charge is -2.25. The van der Waals surface area contributed by atoms with Gasteiger partial charge in [-0.15, -0.1) is 0 Å². The van der Waals surface area contributed by atoms with E-state index < -0.39 is 17.7 Å². The summed E-state index contributed by atoms with van der Waals surface area (Å²) in [5.74, 6) is -0.0944. The van der Waals surface area contributed by atoms with Crippen molar-refractivity contribution in [2.75, 3.05) is 20.3 Å². The van der Waals surface area contributed by atoms with Crippen LogP contribution in [0.2, 0.25) is 0 Å². The molecule has 1 aromatic heterocycles. The summed E-state index contributed by atoms with van der Waals surface area (Å²) in [5.41, 5.74) is 4.45. The van der Waals surface area contributed by atoms with E-state index >= 15 is 0 Å². The summed E-state index contributed by atoms with van der Waals surface area (Å²) in [4.78, 5) is 31.7. The van der Waals surface area contributed by atoms with Gasteiger partial charge in [-0.2, -0.15) is 0 Å². The number of benzene rings is 3. The number of aliphatic hydroxyl groups excluding tert-OH is 1. The van der Waals surface area contributed by atoms with Crippen LogP contribution < -0.4 is 9.47 Å². The monoisotopic (exact) mass is 524 g/mol. The molecule has 3 aromatic carbocycles. The van der Waals surface area contributed by atoms with Crippen LogP contribution in [0.1, 0.15) is 42.1 Å². The number of likely N-dealkylation sites (tertiary alicyclic amines) is 1. The van der Waals surface area contributed by atoms with Crippen LogP contribution in [0.25, 0.3) is 16.7 Å². The first-order valence-electron chi connectivity index (χ1n) is 13.2. The Hall–Kier alpha value is -4.52. The molecule has 39 heavy (non-hydrogen) atoms. The molecule has 5 rings (SSSR count). The number of nitrogens with zero attached hydrogens (tertiary/aromatic N) is 1. The lowest BCUT2D eigenvalue weighted by atomic mass is 9.94. The maximum Gasteiger partial charge on any atom is 0.295 e. The van der Waals surface area contributed by atoms with E-state index in [1.165, 1.54) is 0 Å². The molecule has 2 heterocycles. The van der Waals surface area contributed by atoms with Crippen LogP contribution in [0, 0.1) is 0 Å². The van der Waals surface area contributed by atoms with Gasteiger partial charge >= 0.3 is 0 Å². The Morgan fingerprint density at radius 1 is 0.974 bits per heavy atom. The van der Waals surface area contributed by atoms with Crippen molar-refractivity contribution in [2.24, 2.45) is 0 Å². The summed E-state index contributed by atoms with van der Waals surface area (Å²) < 4.78 is 10.9. The Bertz CT molecular complexity index is 1530. The smallest absolute Gasteiger partial charge is 0.295 e. The van der Waals surface area contributed by atoms with Gasteiger partial charge in [-0.05, 0) is 78.9 Å². The highest BCUT2D eigenvalue weighted by Crippen LogP contribution is 2.40. The van der Waals surface area contributed by atoms with Gasteiger partial charge in [0.1, 0.15) is 17.3 Å². The first kappa shape index (κ1) is 26.1. The molecule has 1 atom stereocenters. The highest BCUT2D eigenvalue weighted by molar-refractivity contribution is 6.46. The lowest BCUT2D eigenvalue weighted by Crippen LogP contribution is -2.31. The zero-order valence-electron chi connectivity index (χ0n) is 22.4. The van der Waals surface area contributed by atoms with Crippen molar-refractivity contribution < 1.29 is 24.2 Å². The highest BCUT2D eigenvalue weighted by atomic mass is 16.5. The SMILES string of the molecule is CCOc1ccc(/C(O)=C2/C(=O)C(=O)N(CCc3c[nH]c4ccc(OC)cc34)C2c2ccc(CC)cc2)cc1. The molecule has 1 aliphatic rings. The molecule has 4 aromatic rings. The number of aromatic amines is 1. The second-order valence-electron chi connectivity index (χ2n) is 9.52. The molecule has 1 saturated heterocycles. The van der Waals surface area contributed by atoms with E-state index in [0.717, 1.165) is 39.8 Å². The van der Waals surface area contributed by atoms with E-state index in [-0.39, 0.29) is 11.3 Å². The Morgan fingerprint density at radius 2 is 1.69 bits per heavy atom. The number of fused-ring (bicyclic) bond motifs is 1. The summed E-state index contributed by atoms with van der Waals surface area (Å²) in [6.45, 7) is 4.79. The van der Waals surface area contributed by atoms with Crippen LogP contribution in [0.4, 0.5) is 0 Å². The number of aliphatic hydroxyl groups is 1. The number of amides is 1. The fraction of sp³-hybridized carbons (Fsp3) is 0.250. The molecular formula is C32H32N2O5. The van der Waals surface area contributed by atoms with Crippen LogP contribution in [0.3, 0.4) is 0 Å². The first-order chi connectivity index (χ1) is 18.9. The van der Waals surface area contributed by atoms with E-state index in [1.807, 2.05) is 55.6 Å². The van der Waals surface area contributed by atoms with Crippen molar-refractivity contribution in [3.63, 3.8) is 0 Å². The number of carbonyl (C=O) groups excluding carboxylic acids is 2. The molecule has 1 unspecified atom stereocenters. The number of hydrogen-bond donors (Lipinski definition) is 2. The zero-order valence-corrected chi connectivity index (χ0v) is 22.4. The Morgan fingerprint density at radius 3 is 2.36 bits per heavy atom. The van der Waals surface area contributed by atoms with E-state index in [9.17, 15) is 14.7 Å². The normalized spacial score (nSPS) is 16.7. The number of aryl methyl sites for hydroxylation is 1. The number of nitrogens with one attached hydrogen (secondary N) is 1. The maximum absolute atomic E-state index is 13.4. The molecular weight excluding hydrogens is 492 g/mol. The molecule has 200 valence electrons. The summed E-state index contributed by atoms with van der Waals surface area (Å²) in [5, 5.41) is 12.4. The third kappa shape index (κ3) is 5.00. The van der Waals surface area contributed by atoms with Crippen molar-refractivity contribution in [3.8, 4) is 11.5 Å². The van der Waals surface area contributed by atoms with Gasteiger partial charge in [0.2, 0.25) is 0 Å². The minimum Gasteiger partial charge on any atom is -0.507 e. The number of methoxy groups -OCH3 is 1. The number of Topliss-reactive ketones (excluding diaryl/α,β-unsaturated/α-hetero) is 1. The van der Waals surface area contributed by atoms with Crippen LogP contribution in [0.5, 0.6) is 11.5 Å². The van der Waals surface area contributed by atoms with Gasteiger partial charge in [-0.25, -0.2) is 0 Å². The second-order valence-corrected chi connectivity index (χ2v) is 9.52. The number of rotatable bonds is 9. The molecule has 0 aliphatic carbocycles. The Labute approximate surface area is 227 Å². The number of hydrogen-bond acceptors (Lipinski definition) is 5. The van der Waals surface area contributed by atoms with Crippen LogP contribution in [-0.4, -0.2) is 46.9 Å². The topological polar surface area (TPSA) is 91.9 Å². The van der Waals surface area contributed by atoms with Crippen molar-refractivity contribution in [1.82, 2.24) is 9.88 Å². The van der Waals surface area contributed by atoms with Gasteiger partial charge in [0.25, 0.3) is 11.7 Å². The molecule has 7 heteroatoms. The van der Waals surface area contributed by atoms with Gasteiger partial charge in [-0.3, -0.25) is 9.59 Å². The highest BCUT2D eigenvalue weighted by Gasteiger charge is 2.45. The number of carbonyl (C=O) groups is 2. The van der Waals surface area contributed by atoms with Gasteiger partial charge in [0.05, 0.1) is 25.3 Å². The number of H-pyrrole nitrogens is 1. The molecule has 1 fully saturated rings. The minimum absolute atomic E-state index is 0.0917. The van der Waals surface area contributed by atoms with Crippen molar-refractivity contribution in [2.45, 2.75) is 32.7 Å². The predicted octanol–water partition coefficient (Wildman–Crippen LogP) is 5.80. The standard InChI is InChI=1S/C32H32N2O5/c1-4-20-6-8-21(9-7-20)29-28(30(35)22-10-12-24(13-11-22)39-5-2)31(36)32(37)34(29)17-16-23-19-33-27-15-14-25(38-3)18-26(23)27/h6-15,18-19,29,33,35H,4-5,16-17H2,1-3H3/b30-28-. The summed E-state index contributed by atoms with van der Waals surface area (Å²) in [6, 6.07) is 19.8. The van der Waals surface area contributed by atoms with Gasteiger partial charge in [0, 0.05) is 29.2 Å². The summed E-state index contributed by atoms with van der Waals surface area (Å²) in [6.07, 6.45) is 3.31. The van der Waals surface area contributed by atoms with Crippen molar-refractivity contribution >= 4 is 28.4 Å². The van der Waals surface area contributed by atoms with Gasteiger partial charge < -0.3 is 24.5 Å². The summed E-state index contributed by atoms with van der Waals surface area (Å²) >= 11 is 0. The predicted molar refractivity (Wildman–Crippen MR) is 151 cm³/mol. The largest absolute Gasteiger partial charge is 0.507 e. The van der Waals surface area contributed by atoms with E-state index in [2.05, 4.69) is 11.9 Å². The van der Waals surface area contributed by atoms with Crippen molar-refractivity contribution in [1.29, 1.82) is 0 Å². The van der Waals surface area contributed by atoms with Crippen molar-refractivity contribution in [3.05, 3.63) is 101 Å². The van der Waals surface area contributed by atoms with Crippen LogP contribution in [0.15, 0.2) is 78.5 Å². The Balaban J connectivity index is 1.53. The average molecular weight is 525 g/mol. The van der Waals surface area contributed by atoms with Crippen LogP contribution in [-0.2, 0) is 22.4 Å². The quantitative estimate of drug-likeness (QED) is 0.164. The molecule has 0 spiro atoms. The van der Waals surface area contributed by atoms with Gasteiger partial charge in [0.15, 0.2) is 0 Å². The fourth-order valence-electron chi connectivity index (χ4n) is 5.16. The van der Waals surface area contributed by atoms with E-state index in [1.54, 1.807) is 36.3 Å². The lowest BCUT2D eigenvalue weighted by molar-refractivity contribution is -0.139. The number of ketones is 1. The molecule has 0 saturated carbocycles. The Kier molecular flexibility index (Phi) is 7.41. The molecule has 1 aliphatic heterocycles. The summed E-state index contributed by atoms with van der Waals surface area (Å²) in [7, 11) is 1.63. The number of aromatic nitrogens is 1. The maximum atomic E-state index is 13.4. The minimum atomic E-state index is -0.706. The fourth-order valence-corrected chi connectivity index (χ4v) is 5.16. The third-order valence-electron chi connectivity index (χ3n) is 7.28. The third-order valence-corrected chi connectivity index (χ3v) is 7.28. The second kappa shape index (κ2) is 11.1. The molecule has 0 radical (unpaired) electrons. The molecule has 1 amide bonds. The van der Waals surface area contributed by atoms with E-state index in [0.29, 0.717) is 30.9 Å². The number of ether oxygens (including phenoxy) is 2. The molecule has 7 nitrogen and oxygen atoms in total. The first-order valence-corrected chi connectivity index (χ1v) is 13.2. The molecule has 2 N–H and O–H groups in total. The molecule has 0 bridgehead atoms. The van der Waals surface area contributed by atoms with Crippen LogP contribution >= 0.6 is 0 Å². The van der Waals surface area contributed by atoms with E-state index in [4.69, 9.17) is 9.47 Å². The average Bonchev–Trinajstić information content (AvgIpc) is 3.49.